The van der Waals surface area contributed by atoms with Crippen LogP contribution in [0.15, 0.2) is 24.5 Å². The van der Waals surface area contributed by atoms with Crippen LogP contribution in [0.25, 0.3) is 0 Å². The first kappa shape index (κ1) is 12.2. The maximum atomic E-state index is 10.1. The molecule has 5 atom stereocenters. The van der Waals surface area contributed by atoms with Crippen molar-refractivity contribution in [2.75, 3.05) is 0 Å². The largest absolute Gasteiger partial charge is 0.512 e. The molecule has 18 heavy (non-hydrogen) atoms. The van der Waals surface area contributed by atoms with Crippen molar-refractivity contribution < 1.29 is 25.2 Å². The molecule has 0 bridgehead atoms. The van der Waals surface area contributed by atoms with Gasteiger partial charge < -0.3 is 25.2 Å². The molecular formula is C13H18O5. The summed E-state index contributed by atoms with van der Waals surface area (Å²) in [4.78, 5) is 0. The number of allylic oxidation sites excluding steroid dienone is 2. The summed E-state index contributed by atoms with van der Waals surface area (Å²) in [5, 5.41) is 39.7. The first-order valence-corrected chi connectivity index (χ1v) is 6.23. The van der Waals surface area contributed by atoms with Gasteiger partial charge in [0.1, 0.15) is 23.9 Å². The van der Waals surface area contributed by atoms with Gasteiger partial charge in [0.25, 0.3) is 0 Å². The van der Waals surface area contributed by atoms with Gasteiger partial charge in [0.2, 0.25) is 0 Å². The van der Waals surface area contributed by atoms with Gasteiger partial charge in [-0.15, -0.1) is 0 Å². The Balaban J connectivity index is 1.86. The van der Waals surface area contributed by atoms with Gasteiger partial charge >= 0.3 is 0 Å². The molecule has 3 rings (SSSR count). The van der Waals surface area contributed by atoms with E-state index in [0.29, 0.717) is 19.3 Å². The zero-order valence-corrected chi connectivity index (χ0v) is 9.99. The predicted octanol–water partition coefficient (Wildman–Crippen LogP) is 0.0185. The summed E-state index contributed by atoms with van der Waals surface area (Å²) in [6, 6.07) is 0. The number of ether oxygens (including phenoxy) is 1. The van der Waals surface area contributed by atoms with Crippen molar-refractivity contribution >= 4 is 0 Å². The van der Waals surface area contributed by atoms with Crippen LogP contribution in [0.1, 0.15) is 19.3 Å². The summed E-state index contributed by atoms with van der Waals surface area (Å²) < 4.78 is 5.86. The van der Waals surface area contributed by atoms with Crippen LogP contribution in [0.2, 0.25) is 0 Å². The maximum absolute atomic E-state index is 10.1. The van der Waals surface area contributed by atoms with Gasteiger partial charge in [-0.3, -0.25) is 0 Å². The van der Waals surface area contributed by atoms with Gasteiger partial charge in [-0.05, 0) is 25.3 Å². The molecule has 0 amide bonds. The highest BCUT2D eigenvalue weighted by molar-refractivity contribution is 5.29. The Morgan fingerprint density at radius 3 is 2.44 bits per heavy atom. The minimum atomic E-state index is -1.22. The molecule has 3 aliphatic rings. The van der Waals surface area contributed by atoms with E-state index in [2.05, 4.69) is 6.58 Å². The normalized spacial score (nSPS) is 49.4. The molecule has 2 saturated carbocycles. The van der Waals surface area contributed by atoms with Crippen LogP contribution in [0.4, 0.5) is 0 Å². The second kappa shape index (κ2) is 3.57. The topological polar surface area (TPSA) is 90.2 Å². The molecular weight excluding hydrogens is 236 g/mol. The first-order valence-electron chi connectivity index (χ1n) is 6.23. The van der Waals surface area contributed by atoms with E-state index in [1.807, 2.05) is 0 Å². The molecule has 0 radical (unpaired) electrons. The van der Waals surface area contributed by atoms with E-state index >= 15 is 0 Å². The van der Waals surface area contributed by atoms with E-state index in [-0.39, 0.29) is 11.7 Å². The number of aliphatic hydroxyl groups excluding tert-OH is 4. The van der Waals surface area contributed by atoms with Crippen molar-refractivity contribution in [1.29, 1.82) is 0 Å². The van der Waals surface area contributed by atoms with E-state index in [0.717, 1.165) is 0 Å². The number of hydrogen-bond donors (Lipinski definition) is 4. The highest BCUT2D eigenvalue weighted by Crippen LogP contribution is 2.63. The second-order valence-electron chi connectivity index (χ2n) is 5.59. The second-order valence-corrected chi connectivity index (χ2v) is 5.59. The molecule has 1 unspecified atom stereocenters. The van der Waals surface area contributed by atoms with Crippen molar-refractivity contribution in [3.63, 3.8) is 0 Å². The molecule has 5 nitrogen and oxygen atoms in total. The van der Waals surface area contributed by atoms with Crippen molar-refractivity contribution in [1.82, 2.24) is 0 Å². The Morgan fingerprint density at radius 2 is 1.89 bits per heavy atom. The lowest BCUT2D eigenvalue weighted by atomic mass is 9.90. The fourth-order valence-electron chi connectivity index (χ4n) is 3.08. The van der Waals surface area contributed by atoms with Crippen LogP contribution in [0.3, 0.4) is 0 Å². The smallest absolute Gasteiger partial charge is 0.112 e. The summed E-state index contributed by atoms with van der Waals surface area (Å²) in [6.45, 7) is 3.50. The standard InChI is InChI=1S/C13H18O5/c1-2-3-8(14)7-6-13(7)11(17)9(15)10(16)12(18-13)4-5-12/h2-3,7,9-11,14-17H,1,4-6H2/b8-3-/t7-,9-,10-,11+,13?/m0/s1. The minimum absolute atomic E-state index is 0.100. The Kier molecular flexibility index (Phi) is 2.41. The number of aliphatic hydroxyl groups is 4. The van der Waals surface area contributed by atoms with Crippen LogP contribution in [0.5, 0.6) is 0 Å². The zero-order chi connectivity index (χ0) is 13.1. The van der Waals surface area contributed by atoms with Gasteiger partial charge in [0, 0.05) is 0 Å². The summed E-state index contributed by atoms with van der Waals surface area (Å²) >= 11 is 0. The van der Waals surface area contributed by atoms with E-state index in [4.69, 9.17) is 4.74 Å². The molecule has 1 aliphatic heterocycles. The lowest BCUT2D eigenvalue weighted by Gasteiger charge is -2.42. The highest BCUT2D eigenvalue weighted by atomic mass is 16.6. The molecule has 2 aliphatic carbocycles. The van der Waals surface area contributed by atoms with E-state index < -0.39 is 29.5 Å². The van der Waals surface area contributed by atoms with E-state index in [1.165, 1.54) is 12.2 Å². The highest BCUT2D eigenvalue weighted by Gasteiger charge is 2.74. The van der Waals surface area contributed by atoms with Crippen LogP contribution in [-0.2, 0) is 4.74 Å². The lowest BCUT2D eigenvalue weighted by Crippen LogP contribution is -2.60. The Bertz CT molecular complexity index is 414. The predicted molar refractivity (Wildman–Crippen MR) is 62.8 cm³/mol. The van der Waals surface area contributed by atoms with Crippen LogP contribution >= 0.6 is 0 Å². The van der Waals surface area contributed by atoms with Crippen molar-refractivity contribution in [2.45, 2.75) is 48.8 Å². The molecule has 1 heterocycles. The molecule has 1 saturated heterocycles. The Hall–Kier alpha value is -0.880. The van der Waals surface area contributed by atoms with Crippen LogP contribution in [-0.4, -0.2) is 49.9 Å². The molecule has 3 fully saturated rings. The molecule has 0 aromatic heterocycles. The molecule has 100 valence electrons. The summed E-state index contributed by atoms with van der Waals surface area (Å²) in [5.74, 6) is -0.228. The SMILES string of the molecule is C=C/C=C(\O)[C@@H]1CC12OC1(CC1)[C@@H](O)[C@H](O)[C@H]2O. The summed E-state index contributed by atoms with van der Waals surface area (Å²) in [6.07, 6.45) is 1.30. The third-order valence-corrected chi connectivity index (χ3v) is 4.42. The lowest BCUT2D eigenvalue weighted by molar-refractivity contribution is -0.249. The summed E-state index contributed by atoms with van der Waals surface area (Å²) in [5.41, 5.74) is -1.67. The van der Waals surface area contributed by atoms with Crippen LogP contribution in [0, 0.1) is 5.92 Å². The average Bonchev–Trinajstić information content (AvgIpc) is 3.23. The summed E-state index contributed by atoms with van der Waals surface area (Å²) in [7, 11) is 0. The zero-order valence-electron chi connectivity index (χ0n) is 9.99. The molecule has 2 spiro atoms. The van der Waals surface area contributed by atoms with E-state index in [9.17, 15) is 20.4 Å². The van der Waals surface area contributed by atoms with Gasteiger partial charge in [-0.2, -0.15) is 0 Å². The maximum Gasteiger partial charge on any atom is 0.112 e. The van der Waals surface area contributed by atoms with Crippen molar-refractivity contribution in [3.8, 4) is 0 Å². The van der Waals surface area contributed by atoms with E-state index in [1.54, 1.807) is 0 Å². The average molecular weight is 254 g/mol. The van der Waals surface area contributed by atoms with Gasteiger partial charge in [0.15, 0.2) is 0 Å². The monoisotopic (exact) mass is 254 g/mol. The Morgan fingerprint density at radius 1 is 1.22 bits per heavy atom. The molecule has 4 N–H and O–H groups in total. The van der Waals surface area contributed by atoms with Crippen molar-refractivity contribution in [2.24, 2.45) is 5.92 Å². The quantitative estimate of drug-likeness (QED) is 0.412. The molecule has 0 aromatic rings. The third-order valence-electron chi connectivity index (χ3n) is 4.42. The number of rotatable bonds is 2. The first-order chi connectivity index (χ1) is 8.47. The van der Waals surface area contributed by atoms with Gasteiger partial charge in [-0.25, -0.2) is 0 Å². The fourth-order valence-corrected chi connectivity index (χ4v) is 3.08. The third kappa shape index (κ3) is 1.42. The van der Waals surface area contributed by atoms with Crippen LogP contribution < -0.4 is 0 Å². The minimum Gasteiger partial charge on any atom is -0.512 e. The van der Waals surface area contributed by atoms with Gasteiger partial charge in [-0.1, -0.05) is 12.7 Å². The fraction of sp³-hybridized carbons (Fsp3) is 0.692. The molecule has 5 heteroatoms. The van der Waals surface area contributed by atoms with Crippen molar-refractivity contribution in [3.05, 3.63) is 24.5 Å². The Labute approximate surface area is 105 Å². The number of hydrogen-bond acceptors (Lipinski definition) is 5. The van der Waals surface area contributed by atoms with Gasteiger partial charge in [0.05, 0.1) is 17.3 Å². The molecule has 0 aromatic carbocycles.